The van der Waals surface area contributed by atoms with Gasteiger partial charge in [0.25, 0.3) is 0 Å². The molecular weight excluding hydrogens is 512 g/mol. The number of carbonyl (C=O) groups excluding carboxylic acids is 2. The van der Waals surface area contributed by atoms with Gasteiger partial charge in [0.05, 0.1) is 13.5 Å². The lowest BCUT2D eigenvalue weighted by atomic mass is 10.1. The molecule has 0 spiro atoms. The largest absolute Gasteiger partial charge is 0.489 e. The molecule has 38 heavy (non-hydrogen) atoms. The number of benzene rings is 2. The molecule has 208 valence electrons. The molecule has 1 amide bonds. The zero-order chi connectivity index (χ0) is 28.1. The Morgan fingerprint density at radius 2 is 1.71 bits per heavy atom. The Labute approximate surface area is 228 Å². The number of nitrogens with one attached hydrogen (secondary N) is 2. The standard InChI is InChI=1S/C28H37ClN2O7/c1-28(2,3)38-27(35)31-23(26(33)34)7-5-6-14-30-17-21-15-20(16-25(32)36-4)10-13-24(21)37-18-19-8-11-22(29)12-9-19/h8-13,15,23,30H,5-7,14,16-18H2,1-4H3,(H,31,35)(H,33,34). The van der Waals surface area contributed by atoms with Gasteiger partial charge in [0.1, 0.15) is 24.0 Å². The summed E-state index contributed by atoms with van der Waals surface area (Å²) in [5.74, 6) is -0.742. The zero-order valence-corrected chi connectivity index (χ0v) is 23.1. The van der Waals surface area contributed by atoms with E-state index in [0.717, 1.165) is 16.7 Å². The van der Waals surface area contributed by atoms with Gasteiger partial charge in [0.15, 0.2) is 0 Å². The van der Waals surface area contributed by atoms with Crippen LogP contribution in [0.1, 0.15) is 56.7 Å². The van der Waals surface area contributed by atoms with Gasteiger partial charge in [0, 0.05) is 17.1 Å². The number of rotatable bonds is 14. The first-order valence-electron chi connectivity index (χ1n) is 12.5. The first-order valence-corrected chi connectivity index (χ1v) is 12.8. The summed E-state index contributed by atoms with van der Waals surface area (Å²) in [5.41, 5.74) is 1.96. The minimum atomic E-state index is -1.10. The summed E-state index contributed by atoms with van der Waals surface area (Å²) in [6.45, 7) is 6.62. The minimum absolute atomic E-state index is 0.155. The normalized spacial score (nSPS) is 11.9. The van der Waals surface area contributed by atoms with Crippen molar-refractivity contribution in [1.29, 1.82) is 0 Å². The molecule has 3 N–H and O–H groups in total. The molecule has 0 heterocycles. The van der Waals surface area contributed by atoms with Crippen LogP contribution in [0.15, 0.2) is 42.5 Å². The number of ether oxygens (including phenoxy) is 3. The molecule has 1 unspecified atom stereocenters. The van der Waals surface area contributed by atoms with Gasteiger partial charge >= 0.3 is 18.0 Å². The number of aliphatic carboxylic acids is 1. The SMILES string of the molecule is COC(=O)Cc1ccc(OCc2ccc(Cl)cc2)c(CNCCCCC(NC(=O)OC(C)(C)C)C(=O)O)c1. The van der Waals surface area contributed by atoms with Gasteiger partial charge in [-0.1, -0.05) is 35.9 Å². The molecule has 2 aromatic rings. The summed E-state index contributed by atoms with van der Waals surface area (Å²) < 4.78 is 16.0. The van der Waals surface area contributed by atoms with E-state index in [0.29, 0.717) is 43.3 Å². The number of alkyl carbamates (subject to hydrolysis) is 1. The van der Waals surface area contributed by atoms with E-state index in [1.807, 2.05) is 30.3 Å². The van der Waals surface area contributed by atoms with Gasteiger partial charge < -0.3 is 30.0 Å². The summed E-state index contributed by atoms with van der Waals surface area (Å²) in [6.07, 6.45) is 0.966. The van der Waals surface area contributed by atoms with E-state index in [4.69, 9.17) is 25.8 Å². The lowest BCUT2D eigenvalue weighted by molar-refractivity contribution is -0.140. The predicted molar refractivity (Wildman–Crippen MR) is 144 cm³/mol. The van der Waals surface area contributed by atoms with Crippen LogP contribution in [0.5, 0.6) is 5.75 Å². The topological polar surface area (TPSA) is 123 Å². The van der Waals surface area contributed by atoms with Crippen molar-refractivity contribution in [3.05, 3.63) is 64.2 Å². The van der Waals surface area contributed by atoms with Crippen LogP contribution in [0.25, 0.3) is 0 Å². The monoisotopic (exact) mass is 548 g/mol. The molecule has 2 aromatic carbocycles. The van der Waals surface area contributed by atoms with Crippen LogP contribution < -0.4 is 15.4 Å². The molecule has 0 aliphatic rings. The van der Waals surface area contributed by atoms with Gasteiger partial charge in [-0.05, 0) is 75.9 Å². The van der Waals surface area contributed by atoms with E-state index in [-0.39, 0.29) is 18.8 Å². The Morgan fingerprint density at radius 1 is 1.03 bits per heavy atom. The molecule has 0 saturated carbocycles. The predicted octanol–water partition coefficient (Wildman–Crippen LogP) is 4.87. The summed E-state index contributed by atoms with van der Waals surface area (Å²) in [4.78, 5) is 35.2. The van der Waals surface area contributed by atoms with E-state index in [1.165, 1.54) is 7.11 Å². The van der Waals surface area contributed by atoms with Crippen LogP contribution in [-0.2, 0) is 38.6 Å². The van der Waals surface area contributed by atoms with E-state index < -0.39 is 23.7 Å². The maximum absolute atomic E-state index is 11.9. The molecule has 1 atom stereocenters. The lowest BCUT2D eigenvalue weighted by Crippen LogP contribution is -2.43. The highest BCUT2D eigenvalue weighted by atomic mass is 35.5. The van der Waals surface area contributed by atoms with Crippen molar-refractivity contribution in [2.24, 2.45) is 0 Å². The van der Waals surface area contributed by atoms with Gasteiger partial charge in [-0.2, -0.15) is 0 Å². The molecular formula is C28H37ClN2O7. The van der Waals surface area contributed by atoms with E-state index in [1.54, 1.807) is 32.9 Å². The fourth-order valence-electron chi connectivity index (χ4n) is 3.53. The van der Waals surface area contributed by atoms with Crippen molar-refractivity contribution < 1.29 is 33.7 Å². The molecule has 0 aromatic heterocycles. The van der Waals surface area contributed by atoms with Crippen molar-refractivity contribution in [1.82, 2.24) is 10.6 Å². The molecule has 0 bridgehead atoms. The van der Waals surface area contributed by atoms with Crippen molar-refractivity contribution in [2.75, 3.05) is 13.7 Å². The van der Waals surface area contributed by atoms with Gasteiger partial charge in [-0.15, -0.1) is 0 Å². The van der Waals surface area contributed by atoms with Crippen molar-refractivity contribution in [2.45, 2.75) is 71.2 Å². The number of halogens is 1. The molecule has 0 fully saturated rings. The number of unbranched alkanes of at least 4 members (excludes halogenated alkanes) is 1. The van der Waals surface area contributed by atoms with Gasteiger partial charge in [-0.25, -0.2) is 9.59 Å². The second-order valence-corrected chi connectivity index (χ2v) is 10.3. The number of carbonyl (C=O) groups is 3. The number of methoxy groups -OCH3 is 1. The Hall–Kier alpha value is -3.30. The van der Waals surface area contributed by atoms with Crippen molar-refractivity contribution in [3.8, 4) is 5.75 Å². The minimum Gasteiger partial charge on any atom is -0.489 e. The summed E-state index contributed by atoms with van der Waals surface area (Å²) in [7, 11) is 1.35. The van der Waals surface area contributed by atoms with Crippen LogP contribution in [0.4, 0.5) is 4.79 Å². The summed E-state index contributed by atoms with van der Waals surface area (Å²) in [6, 6.07) is 12.0. The molecule has 2 rings (SSSR count). The highest BCUT2D eigenvalue weighted by Crippen LogP contribution is 2.23. The van der Waals surface area contributed by atoms with Crippen LogP contribution in [0.3, 0.4) is 0 Å². The smallest absolute Gasteiger partial charge is 0.408 e. The van der Waals surface area contributed by atoms with Crippen LogP contribution in [0, 0.1) is 0 Å². The van der Waals surface area contributed by atoms with Crippen LogP contribution >= 0.6 is 11.6 Å². The average Bonchev–Trinajstić information content (AvgIpc) is 2.84. The van der Waals surface area contributed by atoms with Gasteiger partial charge in [0.2, 0.25) is 0 Å². The fourth-order valence-corrected chi connectivity index (χ4v) is 3.66. The molecule has 0 aliphatic carbocycles. The van der Waals surface area contributed by atoms with Crippen molar-refractivity contribution in [3.63, 3.8) is 0 Å². The third-order valence-corrected chi connectivity index (χ3v) is 5.66. The van der Waals surface area contributed by atoms with Gasteiger partial charge in [-0.3, -0.25) is 4.79 Å². The summed E-state index contributed by atoms with van der Waals surface area (Å²) >= 11 is 5.96. The number of esters is 1. The van der Waals surface area contributed by atoms with E-state index in [9.17, 15) is 19.5 Å². The van der Waals surface area contributed by atoms with Crippen LogP contribution in [-0.4, -0.2) is 48.4 Å². The Kier molecular flexibility index (Phi) is 12.4. The maximum Gasteiger partial charge on any atom is 0.408 e. The molecule has 0 aliphatic heterocycles. The second-order valence-electron chi connectivity index (χ2n) is 9.82. The number of carboxylic acids is 1. The number of hydrogen-bond donors (Lipinski definition) is 3. The average molecular weight is 549 g/mol. The molecule has 10 heteroatoms. The first kappa shape index (κ1) is 30.9. The Bertz CT molecular complexity index is 1070. The fraction of sp³-hybridized carbons (Fsp3) is 0.464. The molecule has 9 nitrogen and oxygen atoms in total. The second kappa shape index (κ2) is 15.2. The number of amides is 1. The zero-order valence-electron chi connectivity index (χ0n) is 22.3. The highest BCUT2D eigenvalue weighted by Gasteiger charge is 2.23. The van der Waals surface area contributed by atoms with E-state index in [2.05, 4.69) is 10.6 Å². The van der Waals surface area contributed by atoms with Crippen LogP contribution in [0.2, 0.25) is 5.02 Å². The Morgan fingerprint density at radius 3 is 2.34 bits per heavy atom. The van der Waals surface area contributed by atoms with E-state index >= 15 is 0 Å². The highest BCUT2D eigenvalue weighted by molar-refractivity contribution is 6.30. The molecule has 0 radical (unpaired) electrons. The first-order chi connectivity index (χ1) is 18.0. The maximum atomic E-state index is 11.9. The third-order valence-electron chi connectivity index (χ3n) is 5.41. The summed E-state index contributed by atoms with van der Waals surface area (Å²) in [5, 5.41) is 15.8. The number of carboxylic acid groups (broad SMARTS) is 1. The third kappa shape index (κ3) is 11.8. The van der Waals surface area contributed by atoms with Crippen molar-refractivity contribution >= 4 is 29.6 Å². The number of hydrogen-bond acceptors (Lipinski definition) is 7. The quantitative estimate of drug-likeness (QED) is 0.226. The Balaban J connectivity index is 1.90. The molecule has 0 saturated heterocycles. The lowest BCUT2D eigenvalue weighted by Gasteiger charge is -2.22.